The molecule has 2 aromatic heterocycles. The molecule has 0 aromatic carbocycles. The molecule has 3 N–H and O–H groups in total. The van der Waals surface area contributed by atoms with E-state index in [4.69, 9.17) is 5.73 Å². The Morgan fingerprint density at radius 1 is 1.25 bits per heavy atom. The number of pyridine rings is 2. The van der Waals surface area contributed by atoms with E-state index in [-0.39, 0.29) is 5.91 Å². The van der Waals surface area contributed by atoms with Gasteiger partial charge in [-0.1, -0.05) is 11.8 Å². The fourth-order valence-corrected chi connectivity index (χ4v) is 1.53. The van der Waals surface area contributed by atoms with Gasteiger partial charge in [0.2, 0.25) is 0 Å². The standard InChI is InChI=1S/C15H14N4O/c16-7-1-2-12-3-4-14(18-10-12)15(20)19-11-13-5-8-17-9-6-13/h3-6,8-10H,7,11,16H2,(H,19,20). The van der Waals surface area contributed by atoms with Crippen LogP contribution >= 0.6 is 0 Å². The maximum absolute atomic E-state index is 11.9. The van der Waals surface area contributed by atoms with E-state index in [9.17, 15) is 4.79 Å². The highest BCUT2D eigenvalue weighted by molar-refractivity contribution is 5.92. The summed E-state index contributed by atoms with van der Waals surface area (Å²) >= 11 is 0. The predicted molar refractivity (Wildman–Crippen MR) is 75.6 cm³/mol. The molecule has 0 aliphatic rings. The molecule has 0 fully saturated rings. The zero-order valence-corrected chi connectivity index (χ0v) is 10.8. The van der Waals surface area contributed by atoms with Crippen molar-refractivity contribution in [1.29, 1.82) is 0 Å². The first kappa shape index (κ1) is 13.7. The first-order valence-corrected chi connectivity index (χ1v) is 6.11. The second-order valence-corrected chi connectivity index (χ2v) is 3.98. The molecular formula is C15H14N4O. The lowest BCUT2D eigenvalue weighted by atomic mass is 10.2. The molecule has 2 aromatic rings. The molecule has 0 saturated heterocycles. The Morgan fingerprint density at radius 2 is 2.05 bits per heavy atom. The average molecular weight is 266 g/mol. The van der Waals surface area contributed by atoms with Gasteiger partial charge in [0.1, 0.15) is 5.69 Å². The monoisotopic (exact) mass is 266 g/mol. The van der Waals surface area contributed by atoms with E-state index in [1.807, 2.05) is 12.1 Å². The summed E-state index contributed by atoms with van der Waals surface area (Å²) in [4.78, 5) is 19.9. The van der Waals surface area contributed by atoms with E-state index < -0.39 is 0 Å². The number of hydrogen-bond acceptors (Lipinski definition) is 4. The van der Waals surface area contributed by atoms with Crippen LogP contribution in [-0.2, 0) is 6.54 Å². The Bertz CT molecular complexity index is 626. The van der Waals surface area contributed by atoms with Gasteiger partial charge in [0.15, 0.2) is 0 Å². The fourth-order valence-electron chi connectivity index (χ4n) is 1.53. The number of nitrogens with one attached hydrogen (secondary N) is 1. The van der Waals surface area contributed by atoms with Gasteiger partial charge in [0.25, 0.3) is 5.91 Å². The lowest BCUT2D eigenvalue weighted by Gasteiger charge is -2.04. The minimum absolute atomic E-state index is 0.222. The molecule has 0 unspecified atom stereocenters. The predicted octanol–water partition coefficient (Wildman–Crippen LogP) is 0.717. The summed E-state index contributed by atoms with van der Waals surface area (Å²) in [6.45, 7) is 0.742. The molecule has 100 valence electrons. The second-order valence-electron chi connectivity index (χ2n) is 3.98. The highest BCUT2D eigenvalue weighted by Crippen LogP contribution is 2.00. The summed E-state index contributed by atoms with van der Waals surface area (Å²) in [5.74, 6) is 5.36. The highest BCUT2D eigenvalue weighted by Gasteiger charge is 2.06. The molecule has 2 rings (SSSR count). The van der Waals surface area contributed by atoms with Gasteiger partial charge in [-0.3, -0.25) is 9.78 Å². The van der Waals surface area contributed by atoms with Crippen molar-refractivity contribution in [2.45, 2.75) is 6.54 Å². The molecule has 5 nitrogen and oxygen atoms in total. The van der Waals surface area contributed by atoms with E-state index in [2.05, 4.69) is 27.1 Å². The van der Waals surface area contributed by atoms with Crippen LogP contribution in [0, 0.1) is 11.8 Å². The molecule has 5 heteroatoms. The maximum atomic E-state index is 11.9. The van der Waals surface area contributed by atoms with Crippen LogP contribution in [0.25, 0.3) is 0 Å². The third-order valence-electron chi connectivity index (χ3n) is 2.53. The van der Waals surface area contributed by atoms with Gasteiger partial charge in [-0.25, -0.2) is 4.98 Å². The topological polar surface area (TPSA) is 80.9 Å². The first-order valence-electron chi connectivity index (χ1n) is 6.11. The molecule has 0 radical (unpaired) electrons. The number of carbonyl (C=O) groups is 1. The van der Waals surface area contributed by atoms with E-state index in [1.54, 1.807) is 30.7 Å². The van der Waals surface area contributed by atoms with Gasteiger partial charge in [0, 0.05) is 30.7 Å². The second kappa shape index (κ2) is 7.02. The third-order valence-corrected chi connectivity index (χ3v) is 2.53. The fraction of sp³-hybridized carbons (Fsp3) is 0.133. The van der Waals surface area contributed by atoms with E-state index >= 15 is 0 Å². The van der Waals surface area contributed by atoms with Crippen LogP contribution in [0.3, 0.4) is 0 Å². The van der Waals surface area contributed by atoms with Crippen molar-refractivity contribution < 1.29 is 4.79 Å². The lowest BCUT2D eigenvalue weighted by molar-refractivity contribution is 0.0946. The Morgan fingerprint density at radius 3 is 2.70 bits per heavy atom. The van der Waals surface area contributed by atoms with Crippen LogP contribution in [-0.4, -0.2) is 22.4 Å². The third kappa shape index (κ3) is 3.90. The summed E-state index contributed by atoms with van der Waals surface area (Å²) in [5.41, 5.74) is 7.37. The SMILES string of the molecule is NCC#Cc1ccc(C(=O)NCc2ccncc2)nc1. The minimum atomic E-state index is -0.222. The van der Waals surface area contributed by atoms with Gasteiger partial charge in [-0.05, 0) is 29.8 Å². The number of nitrogens with zero attached hydrogens (tertiary/aromatic N) is 2. The van der Waals surface area contributed by atoms with Crippen molar-refractivity contribution >= 4 is 5.91 Å². The molecule has 0 saturated carbocycles. The van der Waals surface area contributed by atoms with Crippen LogP contribution in [0.5, 0.6) is 0 Å². The number of carbonyl (C=O) groups excluding carboxylic acids is 1. The van der Waals surface area contributed by atoms with Gasteiger partial charge < -0.3 is 11.1 Å². The summed E-state index contributed by atoms with van der Waals surface area (Å²) in [7, 11) is 0. The van der Waals surface area contributed by atoms with Crippen LogP contribution in [0.4, 0.5) is 0 Å². The quantitative estimate of drug-likeness (QED) is 0.802. The van der Waals surface area contributed by atoms with Crippen LogP contribution in [0.1, 0.15) is 21.6 Å². The van der Waals surface area contributed by atoms with E-state index in [0.717, 1.165) is 11.1 Å². The van der Waals surface area contributed by atoms with Crippen LogP contribution in [0.15, 0.2) is 42.9 Å². The number of rotatable bonds is 3. The summed E-state index contributed by atoms with van der Waals surface area (Å²) < 4.78 is 0. The number of nitrogens with two attached hydrogens (primary N) is 1. The molecule has 0 aliphatic carbocycles. The molecule has 0 atom stereocenters. The van der Waals surface area contributed by atoms with Gasteiger partial charge in [-0.15, -0.1) is 0 Å². The molecule has 0 aliphatic heterocycles. The van der Waals surface area contributed by atoms with Crippen LogP contribution < -0.4 is 11.1 Å². The van der Waals surface area contributed by atoms with Crippen LogP contribution in [0.2, 0.25) is 0 Å². The molecule has 20 heavy (non-hydrogen) atoms. The number of hydrogen-bond donors (Lipinski definition) is 2. The van der Waals surface area contributed by atoms with E-state index in [1.165, 1.54) is 0 Å². The maximum Gasteiger partial charge on any atom is 0.270 e. The first-order chi connectivity index (χ1) is 9.79. The lowest BCUT2D eigenvalue weighted by Crippen LogP contribution is -2.23. The van der Waals surface area contributed by atoms with Gasteiger partial charge >= 0.3 is 0 Å². The molecule has 0 spiro atoms. The number of amides is 1. The van der Waals surface area contributed by atoms with E-state index in [0.29, 0.717) is 18.8 Å². The van der Waals surface area contributed by atoms with Crippen molar-refractivity contribution in [2.24, 2.45) is 5.73 Å². The summed E-state index contributed by atoms with van der Waals surface area (Å²) in [6.07, 6.45) is 4.93. The zero-order chi connectivity index (χ0) is 14.2. The van der Waals surface area contributed by atoms with Crippen molar-refractivity contribution in [1.82, 2.24) is 15.3 Å². The smallest absolute Gasteiger partial charge is 0.270 e. The van der Waals surface area contributed by atoms with Crippen molar-refractivity contribution in [3.05, 3.63) is 59.7 Å². The zero-order valence-electron chi connectivity index (χ0n) is 10.8. The van der Waals surface area contributed by atoms with Crippen molar-refractivity contribution in [2.75, 3.05) is 6.54 Å². The Balaban J connectivity index is 1.96. The summed E-state index contributed by atoms with van der Waals surface area (Å²) in [5, 5.41) is 2.79. The van der Waals surface area contributed by atoms with Crippen molar-refractivity contribution in [3.8, 4) is 11.8 Å². The average Bonchev–Trinajstić information content (AvgIpc) is 2.52. The summed E-state index contributed by atoms with van der Waals surface area (Å²) in [6, 6.07) is 7.08. The largest absolute Gasteiger partial charge is 0.347 e. The van der Waals surface area contributed by atoms with Gasteiger partial charge in [0.05, 0.1) is 6.54 Å². The normalized spacial score (nSPS) is 9.45. The molecular weight excluding hydrogens is 252 g/mol. The molecule has 1 amide bonds. The molecule has 0 bridgehead atoms. The van der Waals surface area contributed by atoms with Gasteiger partial charge in [-0.2, -0.15) is 0 Å². The Hall–Kier alpha value is -2.71. The Labute approximate surface area is 117 Å². The van der Waals surface area contributed by atoms with Crippen molar-refractivity contribution in [3.63, 3.8) is 0 Å². The number of aromatic nitrogens is 2. The minimum Gasteiger partial charge on any atom is -0.347 e. The molecule has 2 heterocycles. The highest BCUT2D eigenvalue weighted by atomic mass is 16.1. The Kier molecular flexibility index (Phi) is 4.81.